The monoisotopic (exact) mass is 224 g/mol. The fraction of sp³-hybridized carbons (Fsp3) is 0.500. The molecular weight excluding hydrogens is 208 g/mol. The number of nitrogen functional groups attached to an aromatic ring is 1. The van der Waals surface area contributed by atoms with Crippen molar-refractivity contribution in [1.82, 2.24) is 5.32 Å². The van der Waals surface area contributed by atoms with Gasteiger partial charge in [-0.05, 0) is 36.1 Å². The van der Waals surface area contributed by atoms with Crippen molar-refractivity contribution in [3.05, 3.63) is 28.8 Å². The van der Waals surface area contributed by atoms with Crippen LogP contribution in [0.25, 0.3) is 0 Å². The quantitative estimate of drug-likeness (QED) is 0.772. The summed E-state index contributed by atoms with van der Waals surface area (Å²) in [7, 11) is 0. The van der Waals surface area contributed by atoms with E-state index in [1.807, 2.05) is 12.1 Å². The first kappa shape index (κ1) is 10.8. The lowest BCUT2D eigenvalue weighted by molar-refractivity contribution is 0.623. The first-order chi connectivity index (χ1) is 7.19. The van der Waals surface area contributed by atoms with E-state index >= 15 is 0 Å². The van der Waals surface area contributed by atoms with Crippen molar-refractivity contribution < 1.29 is 0 Å². The lowest BCUT2D eigenvalue weighted by atomic mass is 10.2. The van der Waals surface area contributed by atoms with Crippen LogP contribution in [0, 0.1) is 5.92 Å². The van der Waals surface area contributed by atoms with E-state index in [2.05, 4.69) is 12.2 Å². The summed E-state index contributed by atoms with van der Waals surface area (Å²) < 4.78 is 0. The number of hydrogen-bond donors (Lipinski definition) is 2. The van der Waals surface area contributed by atoms with E-state index < -0.39 is 0 Å². The summed E-state index contributed by atoms with van der Waals surface area (Å²) in [6.45, 7) is 3.11. The molecule has 2 nitrogen and oxygen atoms in total. The van der Waals surface area contributed by atoms with Gasteiger partial charge in [0.25, 0.3) is 0 Å². The molecule has 2 rings (SSSR count). The Morgan fingerprint density at radius 3 is 2.87 bits per heavy atom. The second-order valence-electron chi connectivity index (χ2n) is 4.28. The first-order valence-corrected chi connectivity index (χ1v) is 5.85. The highest BCUT2D eigenvalue weighted by atomic mass is 35.5. The summed E-state index contributed by atoms with van der Waals surface area (Å²) >= 11 is 5.93. The van der Waals surface area contributed by atoms with Gasteiger partial charge in [-0.2, -0.15) is 0 Å². The van der Waals surface area contributed by atoms with Crippen LogP contribution in [0.2, 0.25) is 5.02 Å². The highest BCUT2D eigenvalue weighted by Crippen LogP contribution is 2.33. The molecule has 2 unspecified atom stereocenters. The Balaban J connectivity index is 1.88. The molecule has 1 aliphatic rings. The van der Waals surface area contributed by atoms with Crippen LogP contribution >= 0.6 is 11.6 Å². The van der Waals surface area contributed by atoms with Gasteiger partial charge in [0, 0.05) is 23.3 Å². The normalized spacial score (nSPS) is 24.1. The zero-order valence-electron chi connectivity index (χ0n) is 8.96. The summed E-state index contributed by atoms with van der Waals surface area (Å²) in [6.07, 6.45) is 2.59. The van der Waals surface area contributed by atoms with Crippen molar-refractivity contribution in [3.8, 4) is 0 Å². The molecule has 1 aliphatic carbocycles. The topological polar surface area (TPSA) is 38.0 Å². The maximum absolute atomic E-state index is 5.93. The summed E-state index contributed by atoms with van der Waals surface area (Å²) in [4.78, 5) is 0. The maximum atomic E-state index is 5.93. The molecule has 82 valence electrons. The largest absolute Gasteiger partial charge is 0.399 e. The smallest absolute Gasteiger partial charge is 0.0429 e. The van der Waals surface area contributed by atoms with Crippen molar-refractivity contribution in [2.45, 2.75) is 32.4 Å². The van der Waals surface area contributed by atoms with E-state index in [-0.39, 0.29) is 0 Å². The van der Waals surface area contributed by atoms with E-state index in [4.69, 9.17) is 17.3 Å². The third-order valence-electron chi connectivity index (χ3n) is 3.00. The predicted octanol–water partition coefficient (Wildman–Crippen LogP) is 2.81. The van der Waals surface area contributed by atoms with Gasteiger partial charge in [-0.3, -0.25) is 0 Å². The fourth-order valence-electron chi connectivity index (χ4n) is 1.98. The van der Waals surface area contributed by atoms with Gasteiger partial charge >= 0.3 is 0 Å². The highest BCUT2D eigenvalue weighted by molar-refractivity contribution is 6.30. The molecule has 0 bridgehead atoms. The number of benzene rings is 1. The molecular formula is C12H17ClN2. The molecule has 0 aromatic heterocycles. The summed E-state index contributed by atoms with van der Waals surface area (Å²) in [5.74, 6) is 0.876. The van der Waals surface area contributed by atoms with Crippen LogP contribution in [-0.4, -0.2) is 6.04 Å². The van der Waals surface area contributed by atoms with Crippen LogP contribution in [0.15, 0.2) is 18.2 Å². The Bertz CT molecular complexity index is 331. The SMILES string of the molecule is CCC1CC1NCc1cc(N)cc(Cl)c1. The second-order valence-corrected chi connectivity index (χ2v) is 4.72. The minimum atomic E-state index is 0.704. The molecule has 0 radical (unpaired) electrons. The van der Waals surface area contributed by atoms with Crippen molar-refractivity contribution in [2.24, 2.45) is 5.92 Å². The standard InChI is InChI=1S/C12H17ClN2/c1-2-9-5-12(9)15-7-8-3-10(13)6-11(14)4-8/h3-4,6,9,12,15H,2,5,7,14H2,1H3. The van der Waals surface area contributed by atoms with Crippen molar-refractivity contribution in [3.63, 3.8) is 0 Å². The molecule has 1 saturated carbocycles. The molecule has 2 atom stereocenters. The third-order valence-corrected chi connectivity index (χ3v) is 3.21. The van der Waals surface area contributed by atoms with Crippen molar-refractivity contribution in [1.29, 1.82) is 0 Å². The molecule has 0 saturated heterocycles. The lowest BCUT2D eigenvalue weighted by Crippen LogP contribution is -2.17. The molecule has 0 spiro atoms. The Hall–Kier alpha value is -0.730. The number of anilines is 1. The summed E-state index contributed by atoms with van der Waals surface area (Å²) in [6, 6.07) is 6.42. The zero-order chi connectivity index (χ0) is 10.8. The summed E-state index contributed by atoms with van der Waals surface area (Å²) in [5, 5.41) is 4.23. The molecule has 0 heterocycles. The number of nitrogens with one attached hydrogen (secondary N) is 1. The molecule has 1 fully saturated rings. The average Bonchev–Trinajstić information content (AvgIpc) is 2.91. The van der Waals surface area contributed by atoms with E-state index in [1.54, 1.807) is 6.07 Å². The number of hydrogen-bond acceptors (Lipinski definition) is 2. The second kappa shape index (κ2) is 4.42. The van der Waals surface area contributed by atoms with Gasteiger partial charge in [-0.15, -0.1) is 0 Å². The third kappa shape index (κ3) is 2.86. The molecule has 0 aliphatic heterocycles. The van der Waals surface area contributed by atoms with Gasteiger partial charge in [0.15, 0.2) is 0 Å². The average molecular weight is 225 g/mol. The number of halogens is 1. The fourth-order valence-corrected chi connectivity index (χ4v) is 2.24. The van der Waals surface area contributed by atoms with Crippen LogP contribution in [0.4, 0.5) is 5.69 Å². The van der Waals surface area contributed by atoms with Crippen LogP contribution in [0.3, 0.4) is 0 Å². The minimum absolute atomic E-state index is 0.704. The number of rotatable bonds is 4. The van der Waals surface area contributed by atoms with Gasteiger partial charge < -0.3 is 11.1 Å². The van der Waals surface area contributed by atoms with E-state index in [1.165, 1.54) is 18.4 Å². The van der Waals surface area contributed by atoms with Crippen LogP contribution < -0.4 is 11.1 Å². The summed E-state index contributed by atoms with van der Waals surface area (Å²) in [5.41, 5.74) is 7.63. The Labute approximate surface area is 95.8 Å². The van der Waals surface area contributed by atoms with Gasteiger partial charge in [-0.25, -0.2) is 0 Å². The van der Waals surface area contributed by atoms with Crippen LogP contribution in [0.5, 0.6) is 0 Å². The predicted molar refractivity (Wildman–Crippen MR) is 64.9 cm³/mol. The molecule has 1 aromatic rings. The van der Waals surface area contributed by atoms with Crippen LogP contribution in [0.1, 0.15) is 25.3 Å². The van der Waals surface area contributed by atoms with Crippen molar-refractivity contribution in [2.75, 3.05) is 5.73 Å². The molecule has 15 heavy (non-hydrogen) atoms. The maximum Gasteiger partial charge on any atom is 0.0429 e. The van der Waals surface area contributed by atoms with Crippen molar-refractivity contribution >= 4 is 17.3 Å². The molecule has 1 aromatic carbocycles. The van der Waals surface area contributed by atoms with E-state index in [0.717, 1.165) is 23.2 Å². The Kier molecular flexibility index (Phi) is 3.17. The zero-order valence-corrected chi connectivity index (χ0v) is 9.72. The van der Waals surface area contributed by atoms with Gasteiger partial charge in [0.1, 0.15) is 0 Å². The first-order valence-electron chi connectivity index (χ1n) is 5.47. The van der Waals surface area contributed by atoms with Gasteiger partial charge in [0.05, 0.1) is 0 Å². The molecule has 3 N–H and O–H groups in total. The van der Waals surface area contributed by atoms with E-state index in [9.17, 15) is 0 Å². The van der Waals surface area contributed by atoms with Gasteiger partial charge in [0.2, 0.25) is 0 Å². The number of nitrogens with two attached hydrogens (primary N) is 1. The minimum Gasteiger partial charge on any atom is -0.399 e. The Morgan fingerprint density at radius 2 is 2.27 bits per heavy atom. The molecule has 3 heteroatoms. The van der Waals surface area contributed by atoms with Gasteiger partial charge in [-0.1, -0.05) is 24.9 Å². The highest BCUT2D eigenvalue weighted by Gasteiger charge is 2.34. The lowest BCUT2D eigenvalue weighted by Gasteiger charge is -2.05. The van der Waals surface area contributed by atoms with E-state index in [0.29, 0.717) is 6.04 Å². The molecule has 0 amide bonds. The van der Waals surface area contributed by atoms with Crippen LogP contribution in [-0.2, 0) is 6.54 Å². The Morgan fingerprint density at radius 1 is 1.47 bits per heavy atom.